The van der Waals surface area contributed by atoms with Crippen LogP contribution in [-0.2, 0) is 6.54 Å². The van der Waals surface area contributed by atoms with Gasteiger partial charge in [-0.25, -0.2) is 4.98 Å². The van der Waals surface area contributed by atoms with E-state index in [1.807, 2.05) is 12.3 Å². The Bertz CT molecular complexity index is 821. The number of nitrogens with one attached hydrogen (secondary N) is 1. The molecule has 2 aromatic rings. The number of hydrogen-bond acceptors (Lipinski definition) is 5. The van der Waals surface area contributed by atoms with E-state index in [2.05, 4.69) is 45.1 Å². The number of likely N-dealkylation sites (tertiary alicyclic amines) is 1. The van der Waals surface area contributed by atoms with E-state index in [-0.39, 0.29) is 5.76 Å². The first-order chi connectivity index (χ1) is 12.6. The van der Waals surface area contributed by atoms with Gasteiger partial charge in [0.25, 0.3) is 0 Å². The first kappa shape index (κ1) is 17.2. The van der Waals surface area contributed by atoms with E-state index in [9.17, 15) is 5.11 Å². The summed E-state index contributed by atoms with van der Waals surface area (Å²) >= 11 is 1.50. The number of aliphatic hydroxyl groups is 1. The largest absolute Gasteiger partial charge is 0.510 e. The fourth-order valence-corrected chi connectivity index (χ4v) is 4.70. The summed E-state index contributed by atoms with van der Waals surface area (Å²) in [6.45, 7) is 5.41. The number of hydrogen-bond donors (Lipinski definition) is 2. The molecule has 1 saturated heterocycles. The van der Waals surface area contributed by atoms with Gasteiger partial charge in [0.2, 0.25) is 0 Å². The number of aryl methyl sites for hydroxylation is 1. The van der Waals surface area contributed by atoms with Crippen LogP contribution in [0.15, 0.2) is 41.5 Å². The Morgan fingerprint density at radius 2 is 1.96 bits per heavy atom. The van der Waals surface area contributed by atoms with Crippen molar-refractivity contribution in [1.29, 1.82) is 5.41 Å². The zero-order valence-corrected chi connectivity index (χ0v) is 15.8. The monoisotopic (exact) mass is 368 g/mol. The SMILES string of the molecule is Cc1csc(C2=C(O)CN(C3CCN(Cc4ccccc4)CC3)C2=N)n1. The lowest BCUT2D eigenvalue weighted by Crippen LogP contribution is -2.45. The molecular weight excluding hydrogens is 344 g/mol. The molecule has 2 aliphatic heterocycles. The van der Waals surface area contributed by atoms with E-state index >= 15 is 0 Å². The molecule has 26 heavy (non-hydrogen) atoms. The smallest absolute Gasteiger partial charge is 0.135 e. The van der Waals surface area contributed by atoms with Gasteiger partial charge in [-0.05, 0) is 25.3 Å². The molecule has 0 radical (unpaired) electrons. The van der Waals surface area contributed by atoms with Crippen LogP contribution in [0.5, 0.6) is 0 Å². The lowest BCUT2D eigenvalue weighted by molar-refractivity contribution is 0.149. The Balaban J connectivity index is 1.37. The van der Waals surface area contributed by atoms with Crippen LogP contribution in [-0.4, -0.2) is 51.4 Å². The Labute approximate surface area is 158 Å². The topological polar surface area (TPSA) is 63.5 Å². The third kappa shape index (κ3) is 3.39. The van der Waals surface area contributed by atoms with Crippen LogP contribution < -0.4 is 0 Å². The van der Waals surface area contributed by atoms with E-state index in [1.165, 1.54) is 16.9 Å². The standard InChI is InChI=1S/C20H24N4OS/c1-14-13-26-20(22-14)18-17(25)12-24(19(18)21)16-7-9-23(10-8-16)11-15-5-3-2-4-6-15/h2-6,13,16,21,25H,7-12H2,1H3. The van der Waals surface area contributed by atoms with Crippen molar-refractivity contribution in [2.75, 3.05) is 19.6 Å². The number of rotatable bonds is 4. The average Bonchev–Trinajstić information content (AvgIpc) is 3.19. The third-order valence-electron chi connectivity index (χ3n) is 5.21. The van der Waals surface area contributed by atoms with Crippen LogP contribution >= 0.6 is 11.3 Å². The molecule has 0 unspecified atom stereocenters. The van der Waals surface area contributed by atoms with Gasteiger partial charge in [-0.15, -0.1) is 11.3 Å². The van der Waals surface area contributed by atoms with E-state index in [0.717, 1.165) is 43.2 Å². The minimum Gasteiger partial charge on any atom is -0.510 e. The highest BCUT2D eigenvalue weighted by molar-refractivity contribution is 7.11. The van der Waals surface area contributed by atoms with Crippen molar-refractivity contribution >= 4 is 22.7 Å². The Morgan fingerprint density at radius 1 is 1.23 bits per heavy atom. The zero-order valence-electron chi connectivity index (χ0n) is 15.0. The predicted octanol–water partition coefficient (Wildman–Crippen LogP) is 3.68. The molecule has 0 bridgehead atoms. The van der Waals surface area contributed by atoms with Gasteiger partial charge < -0.3 is 10.0 Å². The maximum Gasteiger partial charge on any atom is 0.135 e. The highest BCUT2D eigenvalue weighted by Crippen LogP contribution is 2.32. The van der Waals surface area contributed by atoms with E-state index in [0.29, 0.717) is 24.0 Å². The van der Waals surface area contributed by atoms with Crippen LogP contribution in [0, 0.1) is 12.3 Å². The number of nitrogens with zero attached hydrogens (tertiary/aromatic N) is 3. The minimum atomic E-state index is 0.288. The van der Waals surface area contributed by atoms with Crippen molar-refractivity contribution in [3.05, 3.63) is 57.7 Å². The van der Waals surface area contributed by atoms with Gasteiger partial charge in [-0.3, -0.25) is 10.3 Å². The zero-order chi connectivity index (χ0) is 18.1. The fraction of sp³-hybridized carbons (Fsp3) is 0.400. The molecule has 136 valence electrons. The summed E-state index contributed by atoms with van der Waals surface area (Å²) in [4.78, 5) is 8.99. The highest BCUT2D eigenvalue weighted by Gasteiger charge is 2.35. The fourth-order valence-electron chi connectivity index (χ4n) is 3.84. The Kier molecular flexibility index (Phi) is 4.78. The molecule has 0 atom stereocenters. The van der Waals surface area contributed by atoms with Crippen LogP contribution in [0.2, 0.25) is 0 Å². The Hall–Kier alpha value is -2.18. The van der Waals surface area contributed by atoms with Gasteiger partial charge in [0.05, 0.1) is 12.1 Å². The van der Waals surface area contributed by atoms with Gasteiger partial charge >= 0.3 is 0 Å². The van der Waals surface area contributed by atoms with Crippen LogP contribution in [0.4, 0.5) is 0 Å². The van der Waals surface area contributed by atoms with Gasteiger partial charge in [-0.2, -0.15) is 0 Å². The predicted molar refractivity (Wildman–Crippen MR) is 106 cm³/mol. The number of aliphatic hydroxyl groups excluding tert-OH is 1. The second kappa shape index (κ2) is 7.21. The molecule has 4 rings (SSSR count). The number of piperidine rings is 1. The maximum absolute atomic E-state index is 10.4. The molecule has 0 spiro atoms. The maximum atomic E-state index is 10.4. The molecule has 1 aromatic carbocycles. The van der Waals surface area contributed by atoms with Crippen LogP contribution in [0.1, 0.15) is 29.1 Å². The van der Waals surface area contributed by atoms with Crippen molar-refractivity contribution in [3.63, 3.8) is 0 Å². The number of thiazole rings is 1. The van der Waals surface area contributed by atoms with Gasteiger partial charge in [0.15, 0.2) is 0 Å². The first-order valence-electron chi connectivity index (χ1n) is 9.08. The van der Waals surface area contributed by atoms with Crippen LogP contribution in [0.25, 0.3) is 5.57 Å². The summed E-state index contributed by atoms with van der Waals surface area (Å²) in [6, 6.07) is 10.9. The molecule has 5 nitrogen and oxygen atoms in total. The molecule has 1 fully saturated rings. The summed E-state index contributed by atoms with van der Waals surface area (Å²) in [5.74, 6) is 0.717. The van der Waals surface area contributed by atoms with Crippen molar-refractivity contribution in [2.24, 2.45) is 0 Å². The van der Waals surface area contributed by atoms with E-state index < -0.39 is 0 Å². The van der Waals surface area contributed by atoms with Gasteiger partial charge in [0, 0.05) is 36.8 Å². The van der Waals surface area contributed by atoms with Crippen molar-refractivity contribution in [2.45, 2.75) is 32.4 Å². The molecule has 2 N–H and O–H groups in total. The molecule has 2 aliphatic rings. The van der Waals surface area contributed by atoms with Crippen molar-refractivity contribution in [1.82, 2.24) is 14.8 Å². The van der Waals surface area contributed by atoms with E-state index in [1.54, 1.807) is 0 Å². The number of aromatic nitrogens is 1. The summed E-state index contributed by atoms with van der Waals surface area (Å²) in [5.41, 5.74) is 2.90. The highest BCUT2D eigenvalue weighted by atomic mass is 32.1. The van der Waals surface area contributed by atoms with Gasteiger partial charge in [0.1, 0.15) is 16.6 Å². The van der Waals surface area contributed by atoms with Crippen molar-refractivity contribution in [3.8, 4) is 0 Å². The normalized spacial score (nSPS) is 19.6. The average molecular weight is 369 g/mol. The molecule has 1 aromatic heterocycles. The third-order valence-corrected chi connectivity index (χ3v) is 6.19. The second-order valence-corrected chi connectivity index (χ2v) is 7.94. The van der Waals surface area contributed by atoms with Crippen molar-refractivity contribution < 1.29 is 5.11 Å². The lowest BCUT2D eigenvalue weighted by Gasteiger charge is -2.37. The molecular formula is C20H24N4OS. The summed E-state index contributed by atoms with van der Waals surface area (Å²) in [6.07, 6.45) is 2.04. The molecule has 0 amide bonds. The Morgan fingerprint density at radius 3 is 2.62 bits per heavy atom. The number of benzene rings is 1. The summed E-state index contributed by atoms with van der Waals surface area (Å²) in [7, 11) is 0. The quantitative estimate of drug-likeness (QED) is 0.864. The molecule has 0 aliphatic carbocycles. The number of amidine groups is 1. The van der Waals surface area contributed by atoms with Crippen LogP contribution in [0.3, 0.4) is 0 Å². The summed E-state index contributed by atoms with van der Waals surface area (Å²) < 4.78 is 0. The molecule has 0 saturated carbocycles. The second-order valence-electron chi connectivity index (χ2n) is 7.09. The summed E-state index contributed by atoms with van der Waals surface area (Å²) in [5, 5.41) is 21.7. The lowest BCUT2D eigenvalue weighted by atomic mass is 10.0. The van der Waals surface area contributed by atoms with E-state index in [4.69, 9.17) is 5.41 Å². The molecule has 3 heterocycles. The minimum absolute atomic E-state index is 0.288. The van der Waals surface area contributed by atoms with Gasteiger partial charge in [-0.1, -0.05) is 30.3 Å². The molecule has 6 heteroatoms. The first-order valence-corrected chi connectivity index (χ1v) is 9.96.